The number of esters is 1. The van der Waals surface area contributed by atoms with E-state index in [1.165, 1.54) is 31.1 Å². The standard InChI is InChI=1S/C34H39ClN2O4/c1-7-8-9-24-10-13-26(14-11-24)21(2)36-33(38)27-15-16-28-29(22(3)37(5)31(28)20-27)18-25-12-17-32(30(35)19-25)41-23(4)34(39)40-6/h10-17,19-21,23H,7-9,18H2,1-6H3,(H,36,38)/t21-,23+/m0/s1. The minimum Gasteiger partial charge on any atom is -0.477 e. The van der Waals surface area contributed by atoms with Gasteiger partial charge in [0.25, 0.3) is 5.91 Å². The van der Waals surface area contributed by atoms with E-state index in [1.54, 1.807) is 13.0 Å². The SMILES string of the molecule is CCCCc1ccc([C@H](C)NC(=O)c2ccc3c(Cc4ccc(O[C@H](C)C(=O)OC)c(Cl)c4)c(C)n(C)c3c2)cc1. The van der Waals surface area contributed by atoms with Gasteiger partial charge >= 0.3 is 5.97 Å². The van der Waals surface area contributed by atoms with Crippen molar-refractivity contribution < 1.29 is 19.1 Å². The third-order valence-electron chi connectivity index (χ3n) is 7.75. The van der Waals surface area contributed by atoms with Crippen molar-refractivity contribution in [2.45, 2.75) is 65.5 Å². The number of aryl methyl sites for hydroxylation is 2. The average Bonchev–Trinajstić information content (AvgIpc) is 3.21. The summed E-state index contributed by atoms with van der Waals surface area (Å²) in [5.74, 6) is -0.130. The Labute approximate surface area is 247 Å². The van der Waals surface area contributed by atoms with E-state index in [4.69, 9.17) is 21.1 Å². The molecule has 0 saturated carbocycles. The lowest BCUT2D eigenvalue weighted by Gasteiger charge is -2.15. The fraction of sp³-hybridized carbons (Fsp3) is 0.353. The van der Waals surface area contributed by atoms with Crippen LogP contribution in [0.15, 0.2) is 60.7 Å². The Morgan fingerprint density at radius 3 is 2.37 bits per heavy atom. The summed E-state index contributed by atoms with van der Waals surface area (Å²) in [4.78, 5) is 24.9. The number of carbonyl (C=O) groups excluding carboxylic acids is 2. The van der Waals surface area contributed by atoms with Crippen LogP contribution in [-0.2, 0) is 29.4 Å². The number of nitrogens with one attached hydrogen (secondary N) is 1. The predicted octanol–water partition coefficient (Wildman–Crippen LogP) is 7.50. The van der Waals surface area contributed by atoms with Crippen LogP contribution in [0.2, 0.25) is 5.02 Å². The van der Waals surface area contributed by atoms with Gasteiger partial charge in [0.15, 0.2) is 6.10 Å². The van der Waals surface area contributed by atoms with Crippen molar-refractivity contribution in [3.8, 4) is 5.75 Å². The summed E-state index contributed by atoms with van der Waals surface area (Å²) in [5, 5.41) is 4.67. The first-order chi connectivity index (χ1) is 19.6. The highest BCUT2D eigenvalue weighted by Gasteiger charge is 2.19. The fourth-order valence-electron chi connectivity index (χ4n) is 5.08. The Bertz CT molecular complexity index is 1540. The first kappa shape index (κ1) is 30.2. The number of halogens is 1. The van der Waals surface area contributed by atoms with Gasteiger partial charge in [0.05, 0.1) is 18.2 Å². The predicted molar refractivity (Wildman–Crippen MR) is 165 cm³/mol. The van der Waals surface area contributed by atoms with Gasteiger partial charge in [0, 0.05) is 29.2 Å². The Balaban J connectivity index is 1.50. The summed E-state index contributed by atoms with van der Waals surface area (Å²) in [6.07, 6.45) is 3.35. The minimum absolute atomic E-state index is 0.0987. The molecule has 4 aromatic rings. The van der Waals surface area contributed by atoms with Crippen molar-refractivity contribution in [3.05, 3.63) is 99.2 Å². The molecule has 1 N–H and O–H groups in total. The lowest BCUT2D eigenvalue weighted by atomic mass is 10.0. The summed E-state index contributed by atoms with van der Waals surface area (Å²) in [7, 11) is 3.34. The molecule has 0 unspecified atom stereocenters. The molecular formula is C34H39ClN2O4. The molecule has 7 heteroatoms. The van der Waals surface area contributed by atoms with Crippen molar-refractivity contribution >= 4 is 34.4 Å². The number of aromatic nitrogens is 1. The molecule has 6 nitrogen and oxygen atoms in total. The van der Waals surface area contributed by atoms with Crippen LogP contribution >= 0.6 is 11.6 Å². The van der Waals surface area contributed by atoms with Gasteiger partial charge in [-0.3, -0.25) is 4.79 Å². The highest BCUT2D eigenvalue weighted by molar-refractivity contribution is 6.32. The van der Waals surface area contributed by atoms with E-state index in [-0.39, 0.29) is 11.9 Å². The zero-order valence-electron chi connectivity index (χ0n) is 24.7. The second-order valence-electron chi connectivity index (χ2n) is 10.6. The number of unbranched alkanes of at least 4 members (excludes halogenated alkanes) is 1. The van der Waals surface area contributed by atoms with Crippen LogP contribution in [0.5, 0.6) is 5.75 Å². The van der Waals surface area contributed by atoms with Crippen molar-refractivity contribution in [2.75, 3.05) is 7.11 Å². The summed E-state index contributed by atoms with van der Waals surface area (Å²) in [5.41, 5.74) is 7.33. The number of rotatable bonds is 11. The number of ether oxygens (including phenoxy) is 2. The van der Waals surface area contributed by atoms with Crippen LogP contribution in [0.25, 0.3) is 10.9 Å². The molecule has 0 radical (unpaired) electrons. The molecule has 0 fully saturated rings. The normalized spacial score (nSPS) is 12.7. The summed E-state index contributed by atoms with van der Waals surface area (Å²) in [6.45, 7) is 7.91. The number of fused-ring (bicyclic) bond motifs is 1. The number of amides is 1. The molecule has 3 aromatic carbocycles. The third kappa shape index (κ3) is 6.94. The van der Waals surface area contributed by atoms with Gasteiger partial charge in [-0.15, -0.1) is 0 Å². The first-order valence-corrected chi connectivity index (χ1v) is 14.5. The van der Waals surface area contributed by atoms with Crippen LogP contribution in [-0.4, -0.2) is 29.7 Å². The van der Waals surface area contributed by atoms with E-state index in [2.05, 4.69) is 48.0 Å². The minimum atomic E-state index is -0.755. The molecule has 1 heterocycles. The lowest BCUT2D eigenvalue weighted by Crippen LogP contribution is -2.26. The molecule has 0 aliphatic rings. The van der Waals surface area contributed by atoms with Crippen molar-refractivity contribution in [3.63, 3.8) is 0 Å². The van der Waals surface area contributed by atoms with Gasteiger partial charge in [-0.1, -0.05) is 61.3 Å². The molecule has 0 aliphatic carbocycles. The topological polar surface area (TPSA) is 69.6 Å². The molecule has 0 saturated heterocycles. The molecule has 1 amide bonds. The second kappa shape index (κ2) is 13.3. The van der Waals surface area contributed by atoms with E-state index >= 15 is 0 Å². The maximum Gasteiger partial charge on any atom is 0.346 e. The molecule has 1 aromatic heterocycles. The molecule has 0 aliphatic heterocycles. The number of hydrogen-bond donors (Lipinski definition) is 1. The lowest BCUT2D eigenvalue weighted by molar-refractivity contribution is -0.147. The van der Waals surface area contributed by atoms with Crippen LogP contribution in [0.3, 0.4) is 0 Å². The maximum atomic E-state index is 13.2. The fourth-order valence-corrected chi connectivity index (χ4v) is 5.33. The number of nitrogens with zero attached hydrogens (tertiary/aromatic N) is 1. The smallest absolute Gasteiger partial charge is 0.346 e. The zero-order valence-corrected chi connectivity index (χ0v) is 25.5. The highest BCUT2D eigenvalue weighted by atomic mass is 35.5. The number of carbonyl (C=O) groups is 2. The second-order valence-corrected chi connectivity index (χ2v) is 11.0. The van der Waals surface area contributed by atoms with Crippen LogP contribution in [0, 0.1) is 6.92 Å². The first-order valence-electron chi connectivity index (χ1n) is 14.1. The van der Waals surface area contributed by atoms with E-state index in [1.807, 2.05) is 44.3 Å². The van der Waals surface area contributed by atoms with E-state index in [0.717, 1.165) is 34.1 Å². The van der Waals surface area contributed by atoms with Gasteiger partial charge in [-0.25, -0.2) is 4.79 Å². The van der Waals surface area contributed by atoms with Gasteiger partial charge in [0.2, 0.25) is 0 Å². The van der Waals surface area contributed by atoms with Crippen LogP contribution in [0.4, 0.5) is 0 Å². The molecule has 4 rings (SSSR count). The Morgan fingerprint density at radius 2 is 1.71 bits per heavy atom. The highest BCUT2D eigenvalue weighted by Crippen LogP contribution is 2.32. The average molecular weight is 575 g/mol. The van der Waals surface area contributed by atoms with Gasteiger partial charge in [-0.2, -0.15) is 0 Å². The Hall–Kier alpha value is -3.77. The monoisotopic (exact) mass is 574 g/mol. The zero-order chi connectivity index (χ0) is 29.7. The third-order valence-corrected chi connectivity index (χ3v) is 8.04. The van der Waals surface area contributed by atoms with Crippen LogP contribution in [0.1, 0.15) is 78.0 Å². The van der Waals surface area contributed by atoms with E-state index in [9.17, 15) is 9.59 Å². The maximum absolute atomic E-state index is 13.2. The van der Waals surface area contributed by atoms with E-state index in [0.29, 0.717) is 22.8 Å². The molecule has 0 spiro atoms. The number of hydrogen-bond acceptors (Lipinski definition) is 4. The van der Waals surface area contributed by atoms with Crippen LogP contribution < -0.4 is 10.1 Å². The van der Waals surface area contributed by atoms with Gasteiger partial charge in [0.1, 0.15) is 5.75 Å². The van der Waals surface area contributed by atoms with E-state index < -0.39 is 12.1 Å². The van der Waals surface area contributed by atoms with Gasteiger partial charge < -0.3 is 19.4 Å². The number of methoxy groups -OCH3 is 1. The number of benzene rings is 3. The van der Waals surface area contributed by atoms with Crippen molar-refractivity contribution in [1.29, 1.82) is 0 Å². The van der Waals surface area contributed by atoms with Crippen molar-refractivity contribution in [1.82, 2.24) is 9.88 Å². The molecule has 41 heavy (non-hydrogen) atoms. The van der Waals surface area contributed by atoms with Crippen molar-refractivity contribution in [2.24, 2.45) is 7.05 Å². The molecule has 0 bridgehead atoms. The molecule has 216 valence electrons. The molecular weight excluding hydrogens is 536 g/mol. The Morgan fingerprint density at radius 1 is 1.00 bits per heavy atom. The summed E-state index contributed by atoms with van der Waals surface area (Å²) < 4.78 is 12.5. The Kier molecular flexibility index (Phi) is 9.77. The quantitative estimate of drug-likeness (QED) is 0.188. The summed E-state index contributed by atoms with van der Waals surface area (Å²) in [6, 6.07) is 19.9. The largest absolute Gasteiger partial charge is 0.477 e. The summed E-state index contributed by atoms with van der Waals surface area (Å²) >= 11 is 6.49. The van der Waals surface area contributed by atoms with Gasteiger partial charge in [-0.05, 0) is 86.6 Å². The molecule has 2 atom stereocenters.